The Morgan fingerprint density at radius 3 is 2.83 bits per heavy atom. The quantitative estimate of drug-likeness (QED) is 0.738. The second kappa shape index (κ2) is 5.50. The topological polar surface area (TPSA) is 53.2 Å². The molecule has 1 aliphatic rings. The van der Waals surface area contributed by atoms with Crippen LogP contribution in [0, 0.1) is 0 Å². The largest absolute Gasteiger partial charge is 0.326 e. The van der Waals surface area contributed by atoms with Crippen LogP contribution in [0.3, 0.4) is 0 Å². The summed E-state index contributed by atoms with van der Waals surface area (Å²) in [6.07, 6.45) is 0.497. The smallest absolute Gasteiger partial charge is 0.228 e. The van der Waals surface area contributed by atoms with Gasteiger partial charge in [-0.1, -0.05) is 26.0 Å². The first-order valence-electron chi connectivity index (χ1n) is 6.43. The molecule has 4 nitrogen and oxygen atoms in total. The number of anilines is 1. The van der Waals surface area contributed by atoms with Crippen molar-refractivity contribution < 1.29 is 4.79 Å². The molecule has 0 bridgehead atoms. The van der Waals surface area contributed by atoms with E-state index in [1.165, 1.54) is 5.56 Å². The van der Waals surface area contributed by atoms with E-state index in [9.17, 15) is 4.79 Å². The number of likely N-dealkylation sites (N-methyl/N-ethyl adjacent to an activating group) is 1. The second-order valence-corrected chi connectivity index (χ2v) is 5.05. The molecule has 0 aromatic heterocycles. The predicted octanol–water partition coefficient (Wildman–Crippen LogP) is 1.44. The fourth-order valence-electron chi connectivity index (χ4n) is 2.21. The first-order valence-corrected chi connectivity index (χ1v) is 6.43. The Bertz CT molecular complexity index is 443. The molecule has 3 N–H and O–H groups in total. The van der Waals surface area contributed by atoms with Crippen molar-refractivity contribution in [2.24, 2.45) is 0 Å². The zero-order valence-corrected chi connectivity index (χ0v) is 11.2. The molecule has 0 fully saturated rings. The third-order valence-corrected chi connectivity index (χ3v) is 3.24. The summed E-state index contributed by atoms with van der Waals surface area (Å²) in [4.78, 5) is 11.3. The third kappa shape index (κ3) is 2.89. The van der Waals surface area contributed by atoms with E-state index in [2.05, 4.69) is 41.9 Å². The Balaban J connectivity index is 2.12. The van der Waals surface area contributed by atoms with Crippen molar-refractivity contribution in [3.63, 3.8) is 0 Å². The highest BCUT2D eigenvalue weighted by atomic mass is 16.1. The van der Waals surface area contributed by atoms with Crippen LogP contribution >= 0.6 is 0 Å². The van der Waals surface area contributed by atoms with E-state index in [-0.39, 0.29) is 11.9 Å². The van der Waals surface area contributed by atoms with Crippen molar-refractivity contribution in [3.8, 4) is 0 Å². The Kier molecular flexibility index (Phi) is 3.99. The van der Waals surface area contributed by atoms with Gasteiger partial charge in [-0.05, 0) is 24.2 Å². The van der Waals surface area contributed by atoms with Gasteiger partial charge in [-0.2, -0.15) is 0 Å². The molecule has 1 atom stereocenters. The number of hydrogen-bond acceptors (Lipinski definition) is 3. The van der Waals surface area contributed by atoms with E-state index in [1.807, 2.05) is 13.1 Å². The zero-order chi connectivity index (χ0) is 13.1. The molecule has 1 heterocycles. The van der Waals surface area contributed by atoms with Gasteiger partial charge in [0.15, 0.2) is 0 Å². The SMILES string of the molecule is CNC(CNC(C)C)c1ccc2c(c1)CC(=O)N2. The summed E-state index contributed by atoms with van der Waals surface area (Å²) < 4.78 is 0. The van der Waals surface area contributed by atoms with Gasteiger partial charge in [0.05, 0.1) is 6.42 Å². The molecule has 98 valence electrons. The minimum absolute atomic E-state index is 0.0865. The van der Waals surface area contributed by atoms with Crippen LogP contribution in [0.4, 0.5) is 5.69 Å². The first-order chi connectivity index (χ1) is 8.60. The van der Waals surface area contributed by atoms with Crippen LogP contribution in [-0.4, -0.2) is 25.5 Å². The van der Waals surface area contributed by atoms with Gasteiger partial charge in [-0.3, -0.25) is 4.79 Å². The number of rotatable bonds is 5. The minimum Gasteiger partial charge on any atom is -0.326 e. The Labute approximate surface area is 108 Å². The lowest BCUT2D eigenvalue weighted by atomic mass is 10.0. The minimum atomic E-state index is 0.0865. The van der Waals surface area contributed by atoms with Crippen molar-refractivity contribution in [3.05, 3.63) is 29.3 Å². The zero-order valence-electron chi connectivity index (χ0n) is 11.2. The molecule has 18 heavy (non-hydrogen) atoms. The van der Waals surface area contributed by atoms with Crippen molar-refractivity contribution in [2.45, 2.75) is 32.4 Å². The van der Waals surface area contributed by atoms with E-state index >= 15 is 0 Å². The van der Waals surface area contributed by atoms with Crippen LogP contribution in [0.5, 0.6) is 0 Å². The first kappa shape index (κ1) is 13.1. The molecular formula is C14H21N3O. The van der Waals surface area contributed by atoms with Gasteiger partial charge in [-0.25, -0.2) is 0 Å². The van der Waals surface area contributed by atoms with Crippen LogP contribution in [0.15, 0.2) is 18.2 Å². The fraction of sp³-hybridized carbons (Fsp3) is 0.500. The normalized spacial score (nSPS) is 15.7. The lowest BCUT2D eigenvalue weighted by Gasteiger charge is -2.19. The maximum atomic E-state index is 11.3. The molecular weight excluding hydrogens is 226 g/mol. The summed E-state index contributed by atoms with van der Waals surface area (Å²) in [5.41, 5.74) is 3.28. The van der Waals surface area contributed by atoms with Crippen LogP contribution in [-0.2, 0) is 11.2 Å². The fourth-order valence-corrected chi connectivity index (χ4v) is 2.21. The van der Waals surface area contributed by atoms with Crippen LogP contribution in [0.2, 0.25) is 0 Å². The molecule has 0 spiro atoms. The molecule has 1 aromatic carbocycles. The van der Waals surface area contributed by atoms with E-state index in [0.717, 1.165) is 17.8 Å². The van der Waals surface area contributed by atoms with Crippen molar-refractivity contribution in [1.82, 2.24) is 10.6 Å². The number of nitrogens with one attached hydrogen (secondary N) is 3. The maximum absolute atomic E-state index is 11.3. The van der Waals surface area contributed by atoms with Gasteiger partial charge >= 0.3 is 0 Å². The predicted molar refractivity (Wildman–Crippen MR) is 73.7 cm³/mol. The third-order valence-electron chi connectivity index (χ3n) is 3.24. The molecule has 1 aromatic rings. The van der Waals surface area contributed by atoms with E-state index in [0.29, 0.717) is 12.5 Å². The summed E-state index contributed by atoms with van der Waals surface area (Å²) in [5, 5.41) is 9.59. The molecule has 0 saturated heterocycles. The Morgan fingerprint density at radius 1 is 1.39 bits per heavy atom. The summed E-state index contributed by atoms with van der Waals surface area (Å²) in [5.74, 6) is 0.0865. The Morgan fingerprint density at radius 2 is 2.17 bits per heavy atom. The molecule has 1 unspecified atom stereocenters. The van der Waals surface area contributed by atoms with Gasteiger partial charge in [0.2, 0.25) is 5.91 Å². The molecule has 0 aliphatic carbocycles. The lowest BCUT2D eigenvalue weighted by Crippen LogP contribution is -2.33. The average molecular weight is 247 g/mol. The summed E-state index contributed by atoms with van der Waals surface area (Å²) in [6.45, 7) is 5.16. The summed E-state index contributed by atoms with van der Waals surface area (Å²) in [6, 6.07) is 6.94. The standard InChI is InChI=1S/C14H21N3O/c1-9(2)16-8-13(15-3)10-4-5-12-11(6-10)7-14(18)17-12/h4-6,9,13,15-16H,7-8H2,1-3H3,(H,17,18). The molecule has 2 rings (SSSR count). The van der Waals surface area contributed by atoms with Gasteiger partial charge in [0.25, 0.3) is 0 Å². The van der Waals surface area contributed by atoms with Gasteiger partial charge in [0, 0.05) is 24.3 Å². The highest BCUT2D eigenvalue weighted by molar-refractivity contribution is 5.99. The lowest BCUT2D eigenvalue weighted by molar-refractivity contribution is -0.115. The number of amides is 1. The van der Waals surface area contributed by atoms with Gasteiger partial charge in [-0.15, -0.1) is 0 Å². The number of carbonyl (C=O) groups excluding carboxylic acids is 1. The average Bonchev–Trinajstić information content (AvgIpc) is 2.68. The maximum Gasteiger partial charge on any atom is 0.228 e. The number of hydrogen-bond donors (Lipinski definition) is 3. The van der Waals surface area contributed by atoms with Crippen LogP contribution in [0.25, 0.3) is 0 Å². The molecule has 1 aliphatic heterocycles. The molecule has 0 radical (unpaired) electrons. The van der Waals surface area contributed by atoms with Gasteiger partial charge in [0.1, 0.15) is 0 Å². The summed E-state index contributed by atoms with van der Waals surface area (Å²) >= 11 is 0. The monoisotopic (exact) mass is 247 g/mol. The van der Waals surface area contributed by atoms with E-state index in [4.69, 9.17) is 0 Å². The molecule has 1 amide bonds. The number of fused-ring (bicyclic) bond motifs is 1. The van der Waals surface area contributed by atoms with Crippen LogP contribution < -0.4 is 16.0 Å². The van der Waals surface area contributed by atoms with E-state index in [1.54, 1.807) is 0 Å². The Hall–Kier alpha value is -1.39. The molecule has 4 heteroatoms. The van der Waals surface area contributed by atoms with Crippen molar-refractivity contribution >= 4 is 11.6 Å². The highest BCUT2D eigenvalue weighted by Crippen LogP contribution is 2.26. The van der Waals surface area contributed by atoms with Crippen LogP contribution in [0.1, 0.15) is 31.0 Å². The van der Waals surface area contributed by atoms with Gasteiger partial charge < -0.3 is 16.0 Å². The van der Waals surface area contributed by atoms with E-state index < -0.39 is 0 Å². The summed E-state index contributed by atoms with van der Waals surface area (Å²) in [7, 11) is 1.96. The highest BCUT2D eigenvalue weighted by Gasteiger charge is 2.19. The number of carbonyl (C=O) groups is 1. The van der Waals surface area contributed by atoms with Crippen molar-refractivity contribution in [1.29, 1.82) is 0 Å². The number of benzene rings is 1. The second-order valence-electron chi connectivity index (χ2n) is 5.05. The molecule has 0 saturated carbocycles. The van der Waals surface area contributed by atoms with Crippen molar-refractivity contribution in [2.75, 3.05) is 18.9 Å².